The summed E-state index contributed by atoms with van der Waals surface area (Å²) in [7, 11) is 0. The van der Waals surface area contributed by atoms with Crippen molar-refractivity contribution in [2.75, 3.05) is 6.61 Å². The molecule has 0 aliphatic heterocycles. The van der Waals surface area contributed by atoms with Gasteiger partial charge >= 0.3 is 5.97 Å². The van der Waals surface area contributed by atoms with Crippen molar-refractivity contribution < 1.29 is 9.53 Å². The lowest BCUT2D eigenvalue weighted by Crippen LogP contribution is -2.33. The van der Waals surface area contributed by atoms with Crippen LogP contribution in [0.2, 0.25) is 0 Å². The second-order valence-corrected chi connectivity index (χ2v) is 10.7. The van der Waals surface area contributed by atoms with Crippen LogP contribution in [-0.4, -0.2) is 12.6 Å². The highest BCUT2D eigenvalue weighted by atomic mass is 16.5. The maximum atomic E-state index is 12.1. The van der Waals surface area contributed by atoms with Crippen molar-refractivity contribution in [1.82, 2.24) is 0 Å². The van der Waals surface area contributed by atoms with Crippen molar-refractivity contribution in [1.29, 1.82) is 0 Å². The van der Waals surface area contributed by atoms with Gasteiger partial charge in [-0.25, -0.2) is 4.79 Å². The Hall–Kier alpha value is -3.13. The quantitative estimate of drug-likeness (QED) is 0.280. The van der Waals surface area contributed by atoms with Gasteiger partial charge in [0.05, 0.1) is 12.2 Å². The molecule has 0 fully saturated rings. The smallest absolute Gasteiger partial charge is 0.338 e. The Kier molecular flexibility index (Phi) is 6.79. The molecule has 0 saturated heterocycles. The van der Waals surface area contributed by atoms with Crippen molar-refractivity contribution in [2.45, 2.75) is 64.7 Å². The van der Waals surface area contributed by atoms with Crippen molar-refractivity contribution in [2.24, 2.45) is 0 Å². The molecular formula is C32H36O2. The standard InChI is InChI=1S/C32H36O2/c1-6-34-30(33)25-14-12-24(13-15-25)21-27(20-23-10-8-7-9-11-23)26-16-17-28-29(22-26)32(4,5)19-18-31(28,2)3/h7-17,21-22H,6,18-20H2,1-5H3. The molecule has 0 atom stereocenters. The number of rotatable bonds is 6. The third kappa shape index (κ3) is 5.17. The second kappa shape index (κ2) is 9.62. The van der Waals surface area contributed by atoms with Gasteiger partial charge in [-0.05, 0) is 82.5 Å². The van der Waals surface area contributed by atoms with Crippen LogP contribution in [0.25, 0.3) is 11.6 Å². The molecule has 0 N–H and O–H groups in total. The van der Waals surface area contributed by atoms with Crippen LogP contribution in [0.3, 0.4) is 0 Å². The monoisotopic (exact) mass is 452 g/mol. The summed E-state index contributed by atoms with van der Waals surface area (Å²) >= 11 is 0. The highest BCUT2D eigenvalue weighted by Crippen LogP contribution is 2.46. The summed E-state index contributed by atoms with van der Waals surface area (Å²) in [6.07, 6.45) is 5.52. The minimum Gasteiger partial charge on any atom is -0.462 e. The summed E-state index contributed by atoms with van der Waals surface area (Å²) in [6.45, 7) is 11.7. The zero-order chi connectivity index (χ0) is 24.3. The molecule has 0 heterocycles. The molecule has 4 rings (SSSR count). The molecule has 34 heavy (non-hydrogen) atoms. The predicted octanol–water partition coefficient (Wildman–Crippen LogP) is 8.00. The number of ether oxygens (including phenoxy) is 1. The van der Waals surface area contributed by atoms with Gasteiger partial charge < -0.3 is 4.74 Å². The molecule has 0 aromatic heterocycles. The first kappa shape index (κ1) is 24.0. The van der Waals surface area contributed by atoms with E-state index in [0.29, 0.717) is 12.2 Å². The fourth-order valence-corrected chi connectivity index (χ4v) is 4.97. The number of fused-ring (bicyclic) bond motifs is 1. The molecule has 0 amide bonds. The average Bonchev–Trinajstić information content (AvgIpc) is 2.83. The Bertz CT molecular complexity index is 1180. The lowest BCUT2D eigenvalue weighted by molar-refractivity contribution is 0.0526. The lowest BCUT2D eigenvalue weighted by atomic mass is 9.63. The SMILES string of the molecule is CCOC(=O)c1ccc(C=C(Cc2ccccc2)c2ccc3c(c2)C(C)(C)CCC3(C)C)cc1. The highest BCUT2D eigenvalue weighted by molar-refractivity contribution is 5.90. The Balaban J connectivity index is 1.76. The van der Waals surface area contributed by atoms with Crippen molar-refractivity contribution in [3.05, 3.63) is 106 Å². The lowest BCUT2D eigenvalue weighted by Gasteiger charge is -2.42. The van der Waals surface area contributed by atoms with Crippen molar-refractivity contribution in [3.8, 4) is 0 Å². The molecule has 0 radical (unpaired) electrons. The molecule has 0 unspecified atom stereocenters. The summed E-state index contributed by atoms with van der Waals surface area (Å²) < 4.78 is 5.13. The van der Waals surface area contributed by atoms with Gasteiger partial charge in [0.2, 0.25) is 0 Å². The molecule has 0 spiro atoms. The maximum absolute atomic E-state index is 12.1. The van der Waals surface area contributed by atoms with Gasteiger partial charge in [-0.15, -0.1) is 0 Å². The minimum absolute atomic E-state index is 0.167. The molecule has 0 saturated carbocycles. The van der Waals surface area contributed by atoms with Gasteiger partial charge in [0, 0.05) is 0 Å². The number of hydrogen-bond acceptors (Lipinski definition) is 2. The number of benzene rings is 3. The molecule has 3 aromatic rings. The van der Waals surface area contributed by atoms with E-state index in [9.17, 15) is 4.79 Å². The van der Waals surface area contributed by atoms with Gasteiger partial charge in [-0.1, -0.05) is 94.4 Å². The van der Waals surface area contributed by atoms with E-state index in [-0.39, 0.29) is 16.8 Å². The van der Waals surface area contributed by atoms with E-state index in [0.717, 1.165) is 12.0 Å². The third-order valence-electron chi connectivity index (χ3n) is 7.22. The van der Waals surface area contributed by atoms with E-state index in [2.05, 4.69) is 82.3 Å². The average molecular weight is 453 g/mol. The van der Waals surface area contributed by atoms with Gasteiger partial charge in [0.1, 0.15) is 0 Å². The Morgan fingerprint density at radius 2 is 1.44 bits per heavy atom. The summed E-state index contributed by atoms with van der Waals surface area (Å²) in [5.74, 6) is -0.276. The van der Waals surface area contributed by atoms with Crippen LogP contribution in [0.5, 0.6) is 0 Å². The van der Waals surface area contributed by atoms with E-state index in [4.69, 9.17) is 4.74 Å². The summed E-state index contributed by atoms with van der Waals surface area (Å²) in [4.78, 5) is 12.1. The van der Waals surface area contributed by atoms with Crippen LogP contribution in [-0.2, 0) is 22.0 Å². The van der Waals surface area contributed by atoms with Gasteiger partial charge in [-0.2, -0.15) is 0 Å². The van der Waals surface area contributed by atoms with Gasteiger partial charge in [-0.3, -0.25) is 0 Å². The maximum Gasteiger partial charge on any atom is 0.338 e. The molecule has 1 aliphatic carbocycles. The van der Waals surface area contributed by atoms with E-state index in [1.807, 2.05) is 31.2 Å². The number of hydrogen-bond donors (Lipinski definition) is 0. The fraction of sp³-hybridized carbons (Fsp3) is 0.344. The molecule has 0 bridgehead atoms. The van der Waals surface area contributed by atoms with Crippen LogP contribution >= 0.6 is 0 Å². The topological polar surface area (TPSA) is 26.3 Å². The molecule has 3 aromatic carbocycles. The van der Waals surface area contributed by atoms with E-state index in [1.54, 1.807) is 0 Å². The van der Waals surface area contributed by atoms with Crippen LogP contribution in [0.4, 0.5) is 0 Å². The normalized spacial score (nSPS) is 16.6. The third-order valence-corrected chi connectivity index (χ3v) is 7.22. The number of carbonyl (C=O) groups excluding carboxylic acids is 1. The van der Waals surface area contributed by atoms with E-state index in [1.165, 1.54) is 40.7 Å². The largest absolute Gasteiger partial charge is 0.462 e. The predicted molar refractivity (Wildman–Crippen MR) is 142 cm³/mol. The number of esters is 1. The Labute approximate surface area is 204 Å². The van der Waals surface area contributed by atoms with Crippen LogP contribution in [0, 0.1) is 0 Å². The van der Waals surface area contributed by atoms with Gasteiger partial charge in [0.25, 0.3) is 0 Å². The highest BCUT2D eigenvalue weighted by Gasteiger charge is 2.37. The molecule has 2 nitrogen and oxygen atoms in total. The van der Waals surface area contributed by atoms with Crippen LogP contribution in [0.15, 0.2) is 72.8 Å². The fourth-order valence-electron chi connectivity index (χ4n) is 4.97. The van der Waals surface area contributed by atoms with Crippen molar-refractivity contribution in [3.63, 3.8) is 0 Å². The first-order valence-corrected chi connectivity index (χ1v) is 12.4. The van der Waals surface area contributed by atoms with Crippen LogP contribution in [0.1, 0.15) is 85.6 Å². The molecule has 176 valence electrons. The summed E-state index contributed by atoms with van der Waals surface area (Å²) in [5, 5.41) is 0. The summed E-state index contributed by atoms with van der Waals surface area (Å²) in [5.41, 5.74) is 8.81. The Morgan fingerprint density at radius 1 is 0.824 bits per heavy atom. The molecular weight excluding hydrogens is 416 g/mol. The zero-order valence-corrected chi connectivity index (χ0v) is 21.2. The second-order valence-electron chi connectivity index (χ2n) is 10.7. The number of carbonyl (C=O) groups is 1. The minimum atomic E-state index is -0.276. The van der Waals surface area contributed by atoms with Gasteiger partial charge in [0.15, 0.2) is 0 Å². The first-order chi connectivity index (χ1) is 16.2. The number of allylic oxidation sites excluding steroid dienone is 1. The first-order valence-electron chi connectivity index (χ1n) is 12.4. The van der Waals surface area contributed by atoms with Crippen molar-refractivity contribution >= 4 is 17.6 Å². The Morgan fingerprint density at radius 3 is 2.09 bits per heavy atom. The van der Waals surface area contributed by atoms with Crippen LogP contribution < -0.4 is 0 Å². The molecule has 1 aliphatic rings. The zero-order valence-electron chi connectivity index (χ0n) is 21.2. The molecule has 2 heteroatoms. The van der Waals surface area contributed by atoms with E-state index < -0.39 is 0 Å². The summed E-state index contributed by atoms with van der Waals surface area (Å²) in [6, 6.07) is 25.4. The van der Waals surface area contributed by atoms with E-state index >= 15 is 0 Å².